The summed E-state index contributed by atoms with van der Waals surface area (Å²) in [5, 5.41) is 18.6. The van der Waals surface area contributed by atoms with Gasteiger partial charge in [0.1, 0.15) is 6.10 Å². The number of aliphatic hydroxyl groups excluding tert-OH is 1. The van der Waals surface area contributed by atoms with Crippen molar-refractivity contribution in [2.75, 3.05) is 24.6 Å². The normalized spacial score (nSPS) is 29.1. The van der Waals surface area contributed by atoms with Crippen molar-refractivity contribution in [1.29, 1.82) is 0 Å². The maximum Gasteiger partial charge on any atom is 0.407 e. The molecule has 9 heteroatoms. The molecule has 7 atom stereocenters. The zero-order valence-corrected chi connectivity index (χ0v) is 25.7. The Morgan fingerprint density at radius 3 is 2.54 bits per heavy atom. The van der Waals surface area contributed by atoms with Crippen LogP contribution in [0.4, 0.5) is 4.79 Å². The van der Waals surface area contributed by atoms with Crippen LogP contribution in [0.3, 0.4) is 0 Å². The molecule has 4 rings (SSSR count). The van der Waals surface area contributed by atoms with Crippen molar-refractivity contribution in [2.45, 2.75) is 101 Å². The predicted molar refractivity (Wildman–Crippen MR) is 161 cm³/mol. The van der Waals surface area contributed by atoms with Gasteiger partial charge in [-0.2, -0.15) is 23.5 Å². The SMILES string of the molecule is CC(C)[C@@H]1SCC[C@@H]1OC(=O)N[C@@H](Cc1ccccc1)[C@H](O)CN1C[C@H]2CCS[C@H]2CC1C(=O)NC(C)(C)C. The summed E-state index contributed by atoms with van der Waals surface area (Å²) in [6.45, 7) is 11.4. The number of benzene rings is 1. The van der Waals surface area contributed by atoms with Crippen LogP contribution in [0.5, 0.6) is 0 Å². The highest BCUT2D eigenvalue weighted by atomic mass is 32.2. The van der Waals surface area contributed by atoms with E-state index in [0.717, 1.165) is 42.9 Å². The van der Waals surface area contributed by atoms with Gasteiger partial charge in [-0.1, -0.05) is 44.2 Å². The zero-order chi connectivity index (χ0) is 28.2. The molecule has 1 aromatic rings. The minimum absolute atomic E-state index is 0.0195. The fourth-order valence-corrected chi connectivity index (χ4v) is 9.05. The Morgan fingerprint density at radius 1 is 1.13 bits per heavy atom. The molecule has 3 saturated heterocycles. The maximum absolute atomic E-state index is 13.4. The molecule has 0 saturated carbocycles. The van der Waals surface area contributed by atoms with E-state index in [1.54, 1.807) is 0 Å². The molecule has 3 aliphatic heterocycles. The van der Waals surface area contributed by atoms with Crippen molar-refractivity contribution in [2.24, 2.45) is 11.8 Å². The van der Waals surface area contributed by atoms with E-state index >= 15 is 0 Å². The Kier molecular flexibility index (Phi) is 10.6. The summed E-state index contributed by atoms with van der Waals surface area (Å²) in [7, 11) is 0. The lowest BCUT2D eigenvalue weighted by atomic mass is 9.89. The van der Waals surface area contributed by atoms with E-state index in [0.29, 0.717) is 35.3 Å². The molecule has 0 aliphatic carbocycles. The number of carbonyl (C=O) groups excluding carboxylic acids is 2. The summed E-state index contributed by atoms with van der Waals surface area (Å²) in [4.78, 5) is 28.6. The summed E-state index contributed by atoms with van der Waals surface area (Å²) in [5.74, 6) is 3.09. The van der Waals surface area contributed by atoms with Crippen molar-refractivity contribution in [3.8, 4) is 0 Å². The number of aliphatic hydroxyl groups is 1. The molecule has 3 N–H and O–H groups in total. The highest BCUT2D eigenvalue weighted by molar-refractivity contribution is 8.00. The Labute approximate surface area is 243 Å². The number of amides is 2. The number of hydrogen-bond acceptors (Lipinski definition) is 7. The first kappa shape index (κ1) is 30.5. The molecule has 0 spiro atoms. The number of likely N-dealkylation sites (tertiary alicyclic amines) is 1. The van der Waals surface area contributed by atoms with Crippen LogP contribution in [-0.2, 0) is 16.0 Å². The Hall–Kier alpha value is -1.42. The number of nitrogens with zero attached hydrogens (tertiary/aromatic N) is 1. The quantitative estimate of drug-likeness (QED) is 0.403. The average Bonchev–Trinajstić information content (AvgIpc) is 3.51. The first-order chi connectivity index (χ1) is 18.5. The summed E-state index contributed by atoms with van der Waals surface area (Å²) in [6, 6.07) is 9.09. The van der Waals surface area contributed by atoms with E-state index in [1.807, 2.05) is 74.6 Å². The number of alkyl carbamates (subject to hydrolysis) is 1. The first-order valence-corrected chi connectivity index (χ1v) is 16.6. The predicted octanol–water partition coefficient (Wildman–Crippen LogP) is 4.33. The lowest BCUT2D eigenvalue weighted by Crippen LogP contribution is -2.60. The number of β-amino-alcohol motifs (C(OH)–C–C–N with tert-alkyl or cyclic N) is 1. The van der Waals surface area contributed by atoms with Crippen LogP contribution in [0.15, 0.2) is 30.3 Å². The van der Waals surface area contributed by atoms with Crippen LogP contribution in [0, 0.1) is 11.8 Å². The summed E-state index contributed by atoms with van der Waals surface area (Å²) in [6.07, 6.45) is 1.83. The number of thioether (sulfide) groups is 2. The van der Waals surface area contributed by atoms with Crippen LogP contribution >= 0.6 is 23.5 Å². The second-order valence-corrected chi connectivity index (χ2v) is 15.4. The number of carbonyl (C=O) groups is 2. The van der Waals surface area contributed by atoms with Gasteiger partial charge < -0.3 is 20.5 Å². The second kappa shape index (κ2) is 13.5. The third-order valence-corrected chi connectivity index (χ3v) is 11.2. The van der Waals surface area contributed by atoms with Gasteiger partial charge in [0.15, 0.2) is 0 Å². The molecular formula is C30H47N3O4S2. The van der Waals surface area contributed by atoms with Crippen LogP contribution in [0.25, 0.3) is 0 Å². The monoisotopic (exact) mass is 577 g/mol. The highest BCUT2D eigenvalue weighted by Gasteiger charge is 2.43. The summed E-state index contributed by atoms with van der Waals surface area (Å²) < 4.78 is 5.90. The van der Waals surface area contributed by atoms with Gasteiger partial charge in [0.05, 0.1) is 18.2 Å². The minimum Gasteiger partial charge on any atom is -0.445 e. The topological polar surface area (TPSA) is 90.9 Å². The third-order valence-electron chi connectivity index (χ3n) is 7.99. The molecule has 2 amide bonds. The summed E-state index contributed by atoms with van der Waals surface area (Å²) >= 11 is 3.84. The van der Waals surface area contributed by atoms with Crippen LogP contribution in [0.2, 0.25) is 0 Å². The molecule has 0 aromatic heterocycles. The highest BCUT2D eigenvalue weighted by Crippen LogP contribution is 2.40. The number of nitrogens with one attached hydrogen (secondary N) is 2. The molecule has 3 fully saturated rings. The number of rotatable bonds is 9. The van der Waals surface area contributed by atoms with Crippen molar-refractivity contribution < 1.29 is 19.4 Å². The molecule has 0 bridgehead atoms. The van der Waals surface area contributed by atoms with E-state index in [2.05, 4.69) is 29.4 Å². The summed E-state index contributed by atoms with van der Waals surface area (Å²) in [5.41, 5.74) is 0.709. The van der Waals surface area contributed by atoms with Crippen molar-refractivity contribution >= 4 is 35.5 Å². The lowest BCUT2D eigenvalue weighted by molar-refractivity contribution is -0.130. The van der Waals surface area contributed by atoms with Gasteiger partial charge >= 0.3 is 6.09 Å². The molecule has 1 unspecified atom stereocenters. The van der Waals surface area contributed by atoms with E-state index in [-0.39, 0.29) is 23.6 Å². The molecule has 3 aliphatic rings. The van der Waals surface area contributed by atoms with Crippen molar-refractivity contribution in [3.05, 3.63) is 35.9 Å². The minimum atomic E-state index is -0.854. The number of fused-ring (bicyclic) bond motifs is 1. The number of ether oxygens (including phenoxy) is 1. The van der Waals surface area contributed by atoms with E-state index < -0.39 is 18.2 Å². The Bertz CT molecular complexity index is 957. The van der Waals surface area contributed by atoms with Gasteiger partial charge in [-0.3, -0.25) is 9.69 Å². The largest absolute Gasteiger partial charge is 0.445 e. The number of hydrogen-bond donors (Lipinski definition) is 3. The fraction of sp³-hybridized carbons (Fsp3) is 0.733. The number of piperidine rings is 1. The van der Waals surface area contributed by atoms with E-state index in [9.17, 15) is 14.7 Å². The van der Waals surface area contributed by atoms with E-state index in [4.69, 9.17) is 4.74 Å². The van der Waals surface area contributed by atoms with Gasteiger partial charge in [-0.05, 0) is 75.4 Å². The van der Waals surface area contributed by atoms with Gasteiger partial charge in [0, 0.05) is 29.1 Å². The molecule has 218 valence electrons. The average molecular weight is 578 g/mol. The molecule has 0 radical (unpaired) electrons. The molecule has 3 heterocycles. The van der Waals surface area contributed by atoms with Crippen LogP contribution in [0.1, 0.15) is 59.4 Å². The second-order valence-electron chi connectivity index (χ2n) is 12.7. The van der Waals surface area contributed by atoms with Gasteiger partial charge in [-0.25, -0.2) is 4.79 Å². The van der Waals surface area contributed by atoms with E-state index in [1.165, 1.54) is 0 Å². The Balaban J connectivity index is 1.47. The molecule has 7 nitrogen and oxygen atoms in total. The maximum atomic E-state index is 13.4. The molecule has 1 aromatic carbocycles. The lowest BCUT2D eigenvalue weighted by Gasteiger charge is -2.43. The Morgan fingerprint density at radius 2 is 1.85 bits per heavy atom. The third kappa shape index (κ3) is 8.54. The first-order valence-electron chi connectivity index (χ1n) is 14.5. The van der Waals surface area contributed by atoms with Crippen LogP contribution < -0.4 is 10.6 Å². The van der Waals surface area contributed by atoms with Gasteiger partial charge in [-0.15, -0.1) is 0 Å². The van der Waals surface area contributed by atoms with Crippen LogP contribution in [-0.4, -0.2) is 86.9 Å². The van der Waals surface area contributed by atoms with Gasteiger partial charge in [0.25, 0.3) is 0 Å². The standard InChI is InChI=1S/C30H47N3O4S2/c1-19(2)27-25(12-14-39-27)37-29(36)31-22(15-20-9-7-6-8-10-20)24(34)18-33-17-21-11-13-38-26(21)16-23(33)28(35)32-30(3,4)5/h6-10,19,21-27,34H,11-18H2,1-5H3,(H,31,36)(H,32,35)/t21-,22+,23?,24-,25+,26+,27+/m1/s1. The smallest absolute Gasteiger partial charge is 0.407 e. The molecular weight excluding hydrogens is 530 g/mol. The van der Waals surface area contributed by atoms with Crippen molar-refractivity contribution in [3.63, 3.8) is 0 Å². The zero-order valence-electron chi connectivity index (χ0n) is 24.1. The van der Waals surface area contributed by atoms with Gasteiger partial charge in [0.2, 0.25) is 5.91 Å². The fourth-order valence-electron chi connectivity index (χ4n) is 6.07. The van der Waals surface area contributed by atoms with Crippen molar-refractivity contribution in [1.82, 2.24) is 15.5 Å². The molecule has 39 heavy (non-hydrogen) atoms.